The monoisotopic (exact) mass is 186 g/mol. The standard InChI is InChI=1S/C10H18O3/c1-4-8(5-2)10(13)7(3)6-9(11)12/h7-8H,4-6H2,1-3H3,(H,11,12). The zero-order valence-corrected chi connectivity index (χ0v) is 8.54. The van der Waals surface area contributed by atoms with Gasteiger partial charge in [0.1, 0.15) is 5.78 Å². The summed E-state index contributed by atoms with van der Waals surface area (Å²) in [6, 6.07) is 0. The molecular weight excluding hydrogens is 168 g/mol. The van der Waals surface area contributed by atoms with Crippen molar-refractivity contribution in [1.82, 2.24) is 0 Å². The third kappa shape index (κ3) is 4.06. The first-order valence-corrected chi connectivity index (χ1v) is 4.78. The molecule has 0 rings (SSSR count). The number of rotatable bonds is 6. The van der Waals surface area contributed by atoms with Crippen molar-refractivity contribution in [3.63, 3.8) is 0 Å². The minimum atomic E-state index is -0.896. The van der Waals surface area contributed by atoms with Gasteiger partial charge in [-0.2, -0.15) is 0 Å². The van der Waals surface area contributed by atoms with Gasteiger partial charge < -0.3 is 5.11 Å². The van der Waals surface area contributed by atoms with E-state index in [1.807, 2.05) is 13.8 Å². The molecule has 1 N–H and O–H groups in total. The second kappa shape index (κ2) is 5.73. The lowest BCUT2D eigenvalue weighted by molar-refractivity contribution is -0.141. The van der Waals surface area contributed by atoms with Crippen LogP contribution in [0.15, 0.2) is 0 Å². The van der Waals surface area contributed by atoms with Gasteiger partial charge in [-0.25, -0.2) is 0 Å². The van der Waals surface area contributed by atoms with Crippen molar-refractivity contribution in [3.8, 4) is 0 Å². The Morgan fingerprint density at radius 2 is 1.69 bits per heavy atom. The van der Waals surface area contributed by atoms with Crippen LogP contribution in [0, 0.1) is 11.8 Å². The highest BCUT2D eigenvalue weighted by Gasteiger charge is 2.22. The molecule has 0 aromatic rings. The number of carboxylic acids is 1. The molecule has 0 aliphatic carbocycles. The van der Waals surface area contributed by atoms with E-state index in [1.165, 1.54) is 0 Å². The second-order valence-electron chi connectivity index (χ2n) is 3.41. The van der Waals surface area contributed by atoms with Crippen LogP contribution in [0.5, 0.6) is 0 Å². The van der Waals surface area contributed by atoms with E-state index in [4.69, 9.17) is 5.11 Å². The Morgan fingerprint density at radius 3 is 2.00 bits per heavy atom. The van der Waals surface area contributed by atoms with E-state index in [-0.39, 0.29) is 24.0 Å². The van der Waals surface area contributed by atoms with Gasteiger partial charge in [0, 0.05) is 11.8 Å². The number of carbonyl (C=O) groups excluding carboxylic acids is 1. The molecule has 76 valence electrons. The zero-order valence-electron chi connectivity index (χ0n) is 8.54. The summed E-state index contributed by atoms with van der Waals surface area (Å²) < 4.78 is 0. The summed E-state index contributed by atoms with van der Waals surface area (Å²) in [5.74, 6) is -1.11. The lowest BCUT2D eigenvalue weighted by atomic mass is 9.88. The van der Waals surface area contributed by atoms with E-state index in [2.05, 4.69) is 0 Å². The van der Waals surface area contributed by atoms with Crippen LogP contribution in [-0.4, -0.2) is 16.9 Å². The number of carbonyl (C=O) groups is 2. The average molecular weight is 186 g/mol. The van der Waals surface area contributed by atoms with Gasteiger partial charge in [0.2, 0.25) is 0 Å². The van der Waals surface area contributed by atoms with Crippen LogP contribution in [0.1, 0.15) is 40.0 Å². The number of carboxylic acid groups (broad SMARTS) is 1. The summed E-state index contributed by atoms with van der Waals surface area (Å²) in [5, 5.41) is 8.51. The fourth-order valence-electron chi connectivity index (χ4n) is 1.46. The predicted octanol–water partition coefficient (Wildman–Crippen LogP) is 2.10. The molecule has 0 aliphatic heterocycles. The van der Waals surface area contributed by atoms with E-state index in [0.29, 0.717) is 0 Å². The van der Waals surface area contributed by atoms with Crippen molar-refractivity contribution in [3.05, 3.63) is 0 Å². The van der Waals surface area contributed by atoms with Crippen molar-refractivity contribution in [2.24, 2.45) is 11.8 Å². The number of aliphatic carboxylic acids is 1. The van der Waals surface area contributed by atoms with Gasteiger partial charge in [-0.05, 0) is 12.8 Å². The molecule has 0 saturated carbocycles. The Morgan fingerprint density at radius 1 is 1.23 bits per heavy atom. The summed E-state index contributed by atoms with van der Waals surface area (Å²) in [4.78, 5) is 21.9. The smallest absolute Gasteiger partial charge is 0.304 e. The summed E-state index contributed by atoms with van der Waals surface area (Å²) in [6.45, 7) is 5.61. The Bertz CT molecular complexity index is 183. The fraction of sp³-hybridized carbons (Fsp3) is 0.800. The largest absolute Gasteiger partial charge is 0.481 e. The van der Waals surface area contributed by atoms with Crippen LogP contribution >= 0.6 is 0 Å². The first kappa shape index (κ1) is 12.1. The van der Waals surface area contributed by atoms with E-state index in [1.54, 1.807) is 6.92 Å². The van der Waals surface area contributed by atoms with Crippen molar-refractivity contribution < 1.29 is 14.7 Å². The van der Waals surface area contributed by atoms with Gasteiger partial charge in [0.05, 0.1) is 6.42 Å². The molecule has 0 aliphatic rings. The van der Waals surface area contributed by atoms with E-state index in [0.717, 1.165) is 12.8 Å². The molecule has 0 heterocycles. The van der Waals surface area contributed by atoms with Crippen LogP contribution in [0.3, 0.4) is 0 Å². The van der Waals surface area contributed by atoms with Gasteiger partial charge in [-0.3, -0.25) is 9.59 Å². The van der Waals surface area contributed by atoms with E-state index < -0.39 is 5.97 Å². The Balaban J connectivity index is 4.14. The van der Waals surface area contributed by atoms with Crippen molar-refractivity contribution in [2.75, 3.05) is 0 Å². The Hall–Kier alpha value is -0.860. The summed E-state index contributed by atoms with van der Waals surface area (Å²) in [6.07, 6.45) is 1.56. The maximum Gasteiger partial charge on any atom is 0.304 e. The summed E-state index contributed by atoms with van der Waals surface area (Å²) in [5.41, 5.74) is 0. The molecule has 3 heteroatoms. The normalized spacial score (nSPS) is 12.9. The maximum absolute atomic E-state index is 11.6. The highest BCUT2D eigenvalue weighted by molar-refractivity contribution is 5.86. The quantitative estimate of drug-likeness (QED) is 0.691. The lowest BCUT2D eigenvalue weighted by Crippen LogP contribution is -2.22. The van der Waals surface area contributed by atoms with Gasteiger partial charge in [0.25, 0.3) is 0 Å². The van der Waals surface area contributed by atoms with E-state index >= 15 is 0 Å². The Labute approximate surface area is 79.1 Å². The minimum absolute atomic E-state index is 0.0364. The molecule has 1 unspecified atom stereocenters. The van der Waals surface area contributed by atoms with Crippen LogP contribution in [0.25, 0.3) is 0 Å². The molecule has 0 aromatic heterocycles. The predicted molar refractivity (Wildman–Crippen MR) is 50.5 cm³/mol. The molecule has 1 atom stereocenters. The van der Waals surface area contributed by atoms with Gasteiger partial charge >= 0.3 is 5.97 Å². The number of hydrogen-bond acceptors (Lipinski definition) is 2. The molecule has 0 spiro atoms. The van der Waals surface area contributed by atoms with Crippen LogP contribution < -0.4 is 0 Å². The minimum Gasteiger partial charge on any atom is -0.481 e. The molecular formula is C10H18O3. The third-order valence-corrected chi connectivity index (χ3v) is 2.35. The first-order chi connectivity index (χ1) is 6.02. The molecule has 13 heavy (non-hydrogen) atoms. The number of ketones is 1. The maximum atomic E-state index is 11.6. The summed E-state index contributed by atoms with van der Waals surface area (Å²) in [7, 11) is 0. The average Bonchev–Trinajstić information content (AvgIpc) is 2.05. The molecule has 3 nitrogen and oxygen atoms in total. The SMILES string of the molecule is CCC(CC)C(=O)C(C)CC(=O)O. The topological polar surface area (TPSA) is 54.4 Å². The van der Waals surface area contributed by atoms with Crippen LogP contribution in [-0.2, 0) is 9.59 Å². The molecule has 0 aromatic carbocycles. The molecule has 0 amide bonds. The highest BCUT2D eigenvalue weighted by Crippen LogP contribution is 2.16. The van der Waals surface area contributed by atoms with Crippen molar-refractivity contribution in [2.45, 2.75) is 40.0 Å². The molecule has 0 radical (unpaired) electrons. The molecule has 0 fully saturated rings. The van der Waals surface area contributed by atoms with Crippen LogP contribution in [0.4, 0.5) is 0 Å². The summed E-state index contributed by atoms with van der Waals surface area (Å²) >= 11 is 0. The Kier molecular flexibility index (Phi) is 5.35. The third-order valence-electron chi connectivity index (χ3n) is 2.35. The van der Waals surface area contributed by atoms with Crippen molar-refractivity contribution in [1.29, 1.82) is 0 Å². The molecule has 0 saturated heterocycles. The second-order valence-corrected chi connectivity index (χ2v) is 3.41. The van der Waals surface area contributed by atoms with Crippen molar-refractivity contribution >= 4 is 11.8 Å². The number of Topliss-reactive ketones (excluding diaryl/α,β-unsaturated/α-hetero) is 1. The van der Waals surface area contributed by atoms with E-state index in [9.17, 15) is 9.59 Å². The first-order valence-electron chi connectivity index (χ1n) is 4.78. The van der Waals surface area contributed by atoms with Gasteiger partial charge in [0.15, 0.2) is 0 Å². The van der Waals surface area contributed by atoms with Gasteiger partial charge in [-0.15, -0.1) is 0 Å². The lowest BCUT2D eigenvalue weighted by Gasteiger charge is -2.15. The fourth-order valence-corrected chi connectivity index (χ4v) is 1.46. The molecule has 0 bridgehead atoms. The number of hydrogen-bond donors (Lipinski definition) is 1. The zero-order chi connectivity index (χ0) is 10.4. The highest BCUT2D eigenvalue weighted by atomic mass is 16.4. The van der Waals surface area contributed by atoms with Crippen LogP contribution in [0.2, 0.25) is 0 Å². The van der Waals surface area contributed by atoms with Gasteiger partial charge in [-0.1, -0.05) is 20.8 Å².